The molecule has 0 unspecified atom stereocenters. The Morgan fingerprint density at radius 3 is 2.91 bits per heavy atom. The van der Waals surface area contributed by atoms with Crippen LogP contribution in [-0.2, 0) is 11.3 Å². The van der Waals surface area contributed by atoms with Crippen LogP contribution in [0.4, 0.5) is 0 Å². The highest BCUT2D eigenvalue weighted by Crippen LogP contribution is 2.29. The van der Waals surface area contributed by atoms with Crippen LogP contribution in [-0.4, -0.2) is 21.5 Å². The molecule has 0 aliphatic heterocycles. The standard InChI is InChI=1S/C18H25N3O/c1-12-7-6-9-15(13(12)2)20-18(22)11-21-14(3)19-16-8-4-5-10-17(16)21/h4-5,8,10,12-13,15H,6-7,9,11H2,1-3H3,(H,20,22)/t12-,13-,15-/m1/s1. The van der Waals surface area contributed by atoms with E-state index in [2.05, 4.69) is 24.1 Å². The summed E-state index contributed by atoms with van der Waals surface area (Å²) < 4.78 is 2.00. The summed E-state index contributed by atoms with van der Waals surface area (Å²) in [6.07, 6.45) is 3.59. The SMILES string of the molecule is Cc1nc2ccccc2n1CC(=O)N[C@@H]1CCC[C@@H](C)[C@H]1C. The molecule has 1 aliphatic rings. The van der Waals surface area contributed by atoms with Gasteiger partial charge in [-0.3, -0.25) is 4.79 Å². The third-order valence-corrected chi connectivity index (χ3v) is 5.20. The molecule has 1 aromatic carbocycles. The van der Waals surface area contributed by atoms with Crippen LogP contribution in [0, 0.1) is 18.8 Å². The summed E-state index contributed by atoms with van der Waals surface area (Å²) in [5.74, 6) is 2.23. The predicted molar refractivity (Wildman–Crippen MR) is 88.6 cm³/mol. The van der Waals surface area contributed by atoms with E-state index in [1.807, 2.05) is 35.8 Å². The van der Waals surface area contributed by atoms with Crippen molar-refractivity contribution in [1.29, 1.82) is 0 Å². The second-order valence-corrected chi connectivity index (χ2v) is 6.68. The summed E-state index contributed by atoms with van der Waals surface area (Å²) in [6, 6.07) is 8.29. The second-order valence-electron chi connectivity index (χ2n) is 6.68. The van der Waals surface area contributed by atoms with E-state index < -0.39 is 0 Å². The topological polar surface area (TPSA) is 46.9 Å². The molecule has 1 aromatic heterocycles. The predicted octanol–water partition coefficient (Wildman–Crippen LogP) is 3.29. The largest absolute Gasteiger partial charge is 0.352 e. The Morgan fingerprint density at radius 1 is 1.32 bits per heavy atom. The van der Waals surface area contributed by atoms with Gasteiger partial charge in [0, 0.05) is 6.04 Å². The Labute approximate surface area is 131 Å². The van der Waals surface area contributed by atoms with Gasteiger partial charge in [0.25, 0.3) is 0 Å². The normalized spacial score (nSPS) is 25.3. The van der Waals surface area contributed by atoms with Gasteiger partial charge in [-0.2, -0.15) is 0 Å². The van der Waals surface area contributed by atoms with Crippen LogP contribution < -0.4 is 5.32 Å². The van der Waals surface area contributed by atoms with Gasteiger partial charge in [0.1, 0.15) is 12.4 Å². The molecule has 1 amide bonds. The van der Waals surface area contributed by atoms with Crippen molar-refractivity contribution in [3.63, 3.8) is 0 Å². The summed E-state index contributed by atoms with van der Waals surface area (Å²) in [5, 5.41) is 3.24. The fourth-order valence-electron chi connectivity index (χ4n) is 3.58. The Bertz CT molecular complexity index is 676. The zero-order chi connectivity index (χ0) is 15.7. The van der Waals surface area contributed by atoms with Gasteiger partial charge in [0.2, 0.25) is 5.91 Å². The molecule has 22 heavy (non-hydrogen) atoms. The Kier molecular flexibility index (Phi) is 4.19. The number of imidazole rings is 1. The molecule has 1 heterocycles. The van der Waals surface area contributed by atoms with Crippen LogP contribution in [0.2, 0.25) is 0 Å². The van der Waals surface area contributed by atoms with Crippen LogP contribution >= 0.6 is 0 Å². The number of para-hydroxylation sites is 2. The van der Waals surface area contributed by atoms with Crippen molar-refractivity contribution in [3.8, 4) is 0 Å². The average molecular weight is 299 g/mol. The number of carbonyl (C=O) groups excluding carboxylic acids is 1. The highest BCUT2D eigenvalue weighted by molar-refractivity contribution is 5.81. The van der Waals surface area contributed by atoms with Crippen molar-refractivity contribution in [1.82, 2.24) is 14.9 Å². The molecule has 118 valence electrons. The molecule has 2 aromatic rings. The second kappa shape index (κ2) is 6.11. The number of carbonyl (C=O) groups is 1. The number of aryl methyl sites for hydroxylation is 1. The van der Waals surface area contributed by atoms with E-state index in [0.29, 0.717) is 24.4 Å². The lowest BCUT2D eigenvalue weighted by molar-refractivity contribution is -0.123. The number of rotatable bonds is 3. The molecule has 0 saturated heterocycles. The molecule has 3 rings (SSSR count). The number of aromatic nitrogens is 2. The minimum absolute atomic E-state index is 0.0946. The minimum atomic E-state index is 0.0946. The molecule has 4 nitrogen and oxygen atoms in total. The van der Waals surface area contributed by atoms with Gasteiger partial charge in [0.15, 0.2) is 0 Å². The summed E-state index contributed by atoms with van der Waals surface area (Å²) in [5.41, 5.74) is 1.98. The third-order valence-electron chi connectivity index (χ3n) is 5.20. The first-order chi connectivity index (χ1) is 10.6. The lowest BCUT2D eigenvalue weighted by atomic mass is 9.78. The van der Waals surface area contributed by atoms with E-state index in [1.54, 1.807) is 0 Å². The smallest absolute Gasteiger partial charge is 0.240 e. The van der Waals surface area contributed by atoms with Crippen molar-refractivity contribution < 1.29 is 4.79 Å². The summed E-state index contributed by atoms with van der Waals surface area (Å²) in [6.45, 7) is 6.85. The fraction of sp³-hybridized carbons (Fsp3) is 0.556. The van der Waals surface area contributed by atoms with Crippen LogP contribution in [0.1, 0.15) is 38.9 Å². The van der Waals surface area contributed by atoms with Gasteiger partial charge in [0.05, 0.1) is 11.0 Å². The minimum Gasteiger partial charge on any atom is -0.352 e. The maximum absolute atomic E-state index is 12.5. The van der Waals surface area contributed by atoms with Crippen LogP contribution in [0.25, 0.3) is 11.0 Å². The van der Waals surface area contributed by atoms with E-state index in [0.717, 1.165) is 23.3 Å². The first-order valence-electron chi connectivity index (χ1n) is 8.27. The van der Waals surface area contributed by atoms with Gasteiger partial charge >= 0.3 is 0 Å². The van der Waals surface area contributed by atoms with E-state index >= 15 is 0 Å². The molecular formula is C18H25N3O. The Morgan fingerprint density at radius 2 is 2.09 bits per heavy atom. The number of hydrogen-bond donors (Lipinski definition) is 1. The molecule has 4 heteroatoms. The number of nitrogens with one attached hydrogen (secondary N) is 1. The van der Waals surface area contributed by atoms with E-state index in [4.69, 9.17) is 0 Å². The molecule has 0 radical (unpaired) electrons. The van der Waals surface area contributed by atoms with Crippen LogP contribution in [0.15, 0.2) is 24.3 Å². The van der Waals surface area contributed by atoms with E-state index in [9.17, 15) is 4.79 Å². The highest BCUT2D eigenvalue weighted by Gasteiger charge is 2.28. The van der Waals surface area contributed by atoms with Crippen molar-refractivity contribution in [2.45, 2.75) is 52.6 Å². The van der Waals surface area contributed by atoms with Crippen molar-refractivity contribution >= 4 is 16.9 Å². The first kappa shape index (κ1) is 15.1. The quantitative estimate of drug-likeness (QED) is 0.945. The molecule has 1 N–H and O–H groups in total. The number of hydrogen-bond acceptors (Lipinski definition) is 2. The number of benzene rings is 1. The number of fused-ring (bicyclic) bond motifs is 1. The van der Waals surface area contributed by atoms with Crippen LogP contribution in [0.3, 0.4) is 0 Å². The van der Waals surface area contributed by atoms with Crippen molar-refractivity contribution in [2.24, 2.45) is 11.8 Å². The molecular weight excluding hydrogens is 274 g/mol. The summed E-state index contributed by atoms with van der Waals surface area (Å²) in [7, 11) is 0. The lowest BCUT2D eigenvalue weighted by Crippen LogP contribution is -2.44. The highest BCUT2D eigenvalue weighted by atomic mass is 16.2. The van der Waals surface area contributed by atoms with Gasteiger partial charge in [-0.15, -0.1) is 0 Å². The van der Waals surface area contributed by atoms with Gasteiger partial charge < -0.3 is 9.88 Å². The van der Waals surface area contributed by atoms with Crippen LogP contribution in [0.5, 0.6) is 0 Å². The first-order valence-corrected chi connectivity index (χ1v) is 8.27. The van der Waals surface area contributed by atoms with Crippen molar-refractivity contribution in [3.05, 3.63) is 30.1 Å². The van der Waals surface area contributed by atoms with Gasteiger partial charge in [-0.25, -0.2) is 4.98 Å². The van der Waals surface area contributed by atoms with Crippen molar-refractivity contribution in [2.75, 3.05) is 0 Å². The fourth-order valence-corrected chi connectivity index (χ4v) is 3.58. The summed E-state index contributed by atoms with van der Waals surface area (Å²) in [4.78, 5) is 17.0. The van der Waals surface area contributed by atoms with Gasteiger partial charge in [-0.05, 0) is 37.3 Å². The number of nitrogens with zero attached hydrogens (tertiary/aromatic N) is 2. The Hall–Kier alpha value is -1.84. The maximum Gasteiger partial charge on any atom is 0.240 e. The lowest BCUT2D eigenvalue weighted by Gasteiger charge is -2.34. The zero-order valence-electron chi connectivity index (χ0n) is 13.7. The third kappa shape index (κ3) is 2.87. The zero-order valence-corrected chi connectivity index (χ0v) is 13.7. The summed E-state index contributed by atoms with van der Waals surface area (Å²) >= 11 is 0. The molecule has 1 saturated carbocycles. The average Bonchev–Trinajstić information content (AvgIpc) is 2.80. The van der Waals surface area contributed by atoms with E-state index in [1.165, 1.54) is 12.8 Å². The molecule has 0 bridgehead atoms. The molecule has 1 aliphatic carbocycles. The number of amides is 1. The maximum atomic E-state index is 12.5. The van der Waals surface area contributed by atoms with E-state index in [-0.39, 0.29) is 5.91 Å². The monoisotopic (exact) mass is 299 g/mol. The molecule has 1 fully saturated rings. The molecule has 3 atom stereocenters. The van der Waals surface area contributed by atoms with Gasteiger partial charge in [-0.1, -0.05) is 38.8 Å². The molecule has 0 spiro atoms. The Balaban J connectivity index is 1.72.